The molecule has 0 bridgehead atoms. The molecule has 0 aromatic heterocycles. The minimum Gasteiger partial charge on any atom is -0.379 e. The van der Waals surface area contributed by atoms with E-state index in [1.54, 1.807) is 30.8 Å². The van der Waals surface area contributed by atoms with E-state index in [-0.39, 0.29) is 10.8 Å². The van der Waals surface area contributed by atoms with Gasteiger partial charge < -0.3 is 10.1 Å². The zero-order chi connectivity index (χ0) is 24.1. The number of rotatable bonds is 7. The Hall–Kier alpha value is -2.65. The highest BCUT2D eigenvalue weighted by molar-refractivity contribution is 7.98. The number of carbonyl (C=O) groups is 1. The number of hydrogen-bond acceptors (Lipinski definition) is 5. The van der Waals surface area contributed by atoms with Gasteiger partial charge in [-0.05, 0) is 60.9 Å². The maximum atomic E-state index is 13.1. The monoisotopic (exact) mass is 496 g/mol. The van der Waals surface area contributed by atoms with Gasteiger partial charge in [-0.3, -0.25) is 4.79 Å². The van der Waals surface area contributed by atoms with Crippen molar-refractivity contribution in [2.24, 2.45) is 0 Å². The van der Waals surface area contributed by atoms with Gasteiger partial charge in [0.15, 0.2) is 0 Å². The number of nitrogens with one attached hydrogen (secondary N) is 1. The number of benzene rings is 3. The van der Waals surface area contributed by atoms with Gasteiger partial charge in [0.1, 0.15) is 0 Å². The molecule has 0 radical (unpaired) electrons. The van der Waals surface area contributed by atoms with Crippen molar-refractivity contribution in [3.05, 3.63) is 89.0 Å². The van der Waals surface area contributed by atoms with Crippen molar-refractivity contribution in [1.29, 1.82) is 0 Å². The second-order valence-electron chi connectivity index (χ2n) is 8.20. The molecule has 3 aromatic rings. The number of aryl methyl sites for hydroxylation is 2. The van der Waals surface area contributed by atoms with E-state index in [1.807, 2.05) is 37.3 Å². The van der Waals surface area contributed by atoms with Crippen LogP contribution in [0.4, 0.5) is 5.69 Å². The quantitative estimate of drug-likeness (QED) is 0.473. The molecule has 1 heterocycles. The van der Waals surface area contributed by atoms with Crippen molar-refractivity contribution >= 4 is 33.4 Å². The molecule has 0 atom stereocenters. The van der Waals surface area contributed by atoms with Crippen LogP contribution in [0.15, 0.2) is 76.5 Å². The second kappa shape index (κ2) is 10.7. The molecule has 0 saturated carbocycles. The van der Waals surface area contributed by atoms with Gasteiger partial charge in [0.2, 0.25) is 10.0 Å². The predicted octanol–water partition coefficient (Wildman–Crippen LogP) is 4.87. The largest absolute Gasteiger partial charge is 0.379 e. The Morgan fingerprint density at radius 2 is 1.71 bits per heavy atom. The Bertz CT molecular complexity index is 1270. The first kappa shape index (κ1) is 24.5. The molecule has 3 aromatic carbocycles. The average Bonchev–Trinajstić information content (AvgIpc) is 2.85. The number of thioether (sulfide) groups is 1. The molecular weight excluding hydrogens is 468 g/mol. The highest BCUT2D eigenvalue weighted by atomic mass is 32.2. The zero-order valence-electron chi connectivity index (χ0n) is 19.3. The third-order valence-corrected chi connectivity index (χ3v) is 8.85. The summed E-state index contributed by atoms with van der Waals surface area (Å²) in [6.07, 6.45) is 0. The number of morpholine rings is 1. The topological polar surface area (TPSA) is 75.7 Å². The summed E-state index contributed by atoms with van der Waals surface area (Å²) in [5.74, 6) is 0.493. The molecule has 1 aliphatic rings. The number of sulfonamides is 1. The number of amides is 1. The lowest BCUT2D eigenvalue weighted by atomic mass is 10.1. The molecule has 0 spiro atoms. The van der Waals surface area contributed by atoms with Gasteiger partial charge in [-0.1, -0.05) is 36.4 Å². The minimum atomic E-state index is -3.69. The van der Waals surface area contributed by atoms with E-state index in [2.05, 4.69) is 23.5 Å². The molecule has 1 saturated heterocycles. The van der Waals surface area contributed by atoms with Crippen molar-refractivity contribution in [2.75, 3.05) is 31.6 Å². The summed E-state index contributed by atoms with van der Waals surface area (Å²) < 4.78 is 33.0. The van der Waals surface area contributed by atoms with Crippen molar-refractivity contribution in [2.45, 2.75) is 29.4 Å². The summed E-state index contributed by atoms with van der Waals surface area (Å²) >= 11 is 1.76. The van der Waals surface area contributed by atoms with Crippen LogP contribution in [0.2, 0.25) is 0 Å². The summed E-state index contributed by atoms with van der Waals surface area (Å²) in [5, 5.41) is 2.93. The Labute approximate surface area is 205 Å². The molecule has 178 valence electrons. The lowest BCUT2D eigenvalue weighted by Gasteiger charge is -2.26. The minimum absolute atomic E-state index is 0.159. The molecular formula is C26H28N2O4S2. The standard InChI is InChI=1S/C26H28N2O4S2/c1-19-8-10-22(17-25(19)34(30,31)28-12-14-32-15-13-28)26(29)27-24-11-9-21(16-20(24)2)18-33-23-6-4-3-5-7-23/h3-11,16-17H,12-15,18H2,1-2H3,(H,27,29). The molecule has 8 heteroatoms. The number of ether oxygens (including phenoxy) is 1. The van der Waals surface area contributed by atoms with Gasteiger partial charge in [0, 0.05) is 35.0 Å². The lowest BCUT2D eigenvalue weighted by Crippen LogP contribution is -2.40. The third kappa shape index (κ3) is 5.70. The van der Waals surface area contributed by atoms with Gasteiger partial charge in [-0.15, -0.1) is 11.8 Å². The van der Waals surface area contributed by atoms with Gasteiger partial charge in [0.05, 0.1) is 18.1 Å². The van der Waals surface area contributed by atoms with Crippen LogP contribution in [0.25, 0.3) is 0 Å². The van der Waals surface area contributed by atoms with E-state index in [1.165, 1.54) is 20.8 Å². The maximum absolute atomic E-state index is 13.1. The second-order valence-corrected chi connectivity index (χ2v) is 11.2. The van der Waals surface area contributed by atoms with Gasteiger partial charge >= 0.3 is 0 Å². The Morgan fingerprint density at radius 3 is 2.41 bits per heavy atom. The van der Waals surface area contributed by atoms with E-state index in [0.717, 1.165) is 11.3 Å². The van der Waals surface area contributed by atoms with E-state index in [4.69, 9.17) is 4.74 Å². The highest BCUT2D eigenvalue weighted by Crippen LogP contribution is 2.26. The van der Waals surface area contributed by atoms with Crippen molar-refractivity contribution < 1.29 is 17.9 Å². The fourth-order valence-corrected chi connectivity index (χ4v) is 6.30. The summed E-state index contributed by atoms with van der Waals surface area (Å²) in [4.78, 5) is 14.4. The molecule has 1 N–H and O–H groups in total. The first-order valence-electron chi connectivity index (χ1n) is 11.1. The van der Waals surface area contributed by atoms with Gasteiger partial charge in [-0.25, -0.2) is 8.42 Å². The fourth-order valence-electron chi connectivity index (χ4n) is 3.78. The third-order valence-electron chi connectivity index (χ3n) is 5.73. The normalized spacial score (nSPS) is 14.6. The Morgan fingerprint density at radius 1 is 0.971 bits per heavy atom. The SMILES string of the molecule is Cc1cc(CSc2ccccc2)ccc1NC(=O)c1ccc(C)c(S(=O)(=O)N2CCOCC2)c1. The fraction of sp³-hybridized carbons (Fsp3) is 0.269. The Kier molecular flexibility index (Phi) is 7.73. The highest BCUT2D eigenvalue weighted by Gasteiger charge is 2.28. The zero-order valence-corrected chi connectivity index (χ0v) is 20.9. The van der Waals surface area contributed by atoms with Gasteiger partial charge in [0.25, 0.3) is 5.91 Å². The summed E-state index contributed by atoms with van der Waals surface area (Å²) in [5.41, 5.74) is 3.74. The number of nitrogens with zero attached hydrogens (tertiary/aromatic N) is 1. The lowest BCUT2D eigenvalue weighted by molar-refractivity contribution is 0.0730. The summed E-state index contributed by atoms with van der Waals surface area (Å²) in [6, 6.07) is 21.0. The maximum Gasteiger partial charge on any atom is 0.255 e. The molecule has 0 aliphatic carbocycles. The van der Waals surface area contributed by atoms with Crippen LogP contribution >= 0.6 is 11.8 Å². The van der Waals surface area contributed by atoms with E-state index in [0.29, 0.717) is 43.1 Å². The van der Waals surface area contributed by atoms with Crippen LogP contribution in [-0.2, 0) is 20.5 Å². The van der Waals surface area contributed by atoms with Crippen molar-refractivity contribution in [1.82, 2.24) is 4.31 Å². The molecule has 1 amide bonds. The van der Waals surface area contributed by atoms with Crippen LogP contribution in [0, 0.1) is 13.8 Å². The van der Waals surface area contributed by atoms with Crippen LogP contribution in [0.1, 0.15) is 27.0 Å². The summed E-state index contributed by atoms with van der Waals surface area (Å²) in [7, 11) is -3.69. The Balaban J connectivity index is 1.47. The number of carbonyl (C=O) groups excluding carboxylic acids is 1. The van der Waals surface area contributed by atoms with E-state index < -0.39 is 10.0 Å². The van der Waals surface area contributed by atoms with Crippen LogP contribution in [0.3, 0.4) is 0 Å². The smallest absolute Gasteiger partial charge is 0.255 e. The first-order valence-corrected chi connectivity index (χ1v) is 13.5. The number of hydrogen-bond donors (Lipinski definition) is 1. The molecule has 6 nitrogen and oxygen atoms in total. The van der Waals surface area contributed by atoms with E-state index in [9.17, 15) is 13.2 Å². The van der Waals surface area contributed by atoms with Crippen LogP contribution < -0.4 is 5.32 Å². The molecule has 1 fully saturated rings. The van der Waals surface area contributed by atoms with Crippen LogP contribution in [-0.4, -0.2) is 44.9 Å². The van der Waals surface area contributed by atoms with Crippen molar-refractivity contribution in [3.63, 3.8) is 0 Å². The number of anilines is 1. The van der Waals surface area contributed by atoms with Crippen molar-refractivity contribution in [3.8, 4) is 0 Å². The van der Waals surface area contributed by atoms with E-state index >= 15 is 0 Å². The summed E-state index contributed by atoms with van der Waals surface area (Å²) in [6.45, 7) is 5.06. The average molecular weight is 497 g/mol. The van der Waals surface area contributed by atoms with Gasteiger partial charge in [-0.2, -0.15) is 4.31 Å². The molecule has 1 aliphatic heterocycles. The molecule has 4 rings (SSSR count). The first-order chi connectivity index (χ1) is 16.3. The molecule has 34 heavy (non-hydrogen) atoms. The van der Waals surface area contributed by atoms with Crippen LogP contribution in [0.5, 0.6) is 0 Å². The predicted molar refractivity (Wildman–Crippen MR) is 136 cm³/mol. The molecule has 0 unspecified atom stereocenters.